The van der Waals surface area contributed by atoms with E-state index in [4.69, 9.17) is 9.47 Å². The van der Waals surface area contributed by atoms with Crippen LogP contribution in [0, 0.1) is 0 Å². The number of carboxylic acid groups (broad SMARTS) is 1. The monoisotopic (exact) mass is 494 g/mol. The van der Waals surface area contributed by atoms with Crippen molar-refractivity contribution < 1.29 is 29.0 Å². The van der Waals surface area contributed by atoms with Crippen LogP contribution in [0.15, 0.2) is 48.5 Å². The number of hydrogen-bond acceptors (Lipinski definition) is 5. The molecule has 0 heterocycles. The number of alkyl carbamates (subject to hydrolysis) is 2. The lowest BCUT2D eigenvalue weighted by atomic mass is 9.77. The number of ether oxygens (including phenoxy) is 2. The average molecular weight is 495 g/mol. The van der Waals surface area contributed by atoms with Crippen LogP contribution in [0.25, 0.3) is 11.1 Å². The van der Waals surface area contributed by atoms with Gasteiger partial charge in [-0.05, 0) is 68.7 Å². The summed E-state index contributed by atoms with van der Waals surface area (Å²) in [6.07, 6.45) is 0.531. The topological polar surface area (TPSA) is 114 Å². The molecule has 0 bridgehead atoms. The third kappa shape index (κ3) is 5.98. The molecule has 8 heteroatoms. The van der Waals surface area contributed by atoms with Gasteiger partial charge >= 0.3 is 18.2 Å². The quantitative estimate of drug-likeness (QED) is 0.508. The molecule has 2 aliphatic rings. The molecule has 0 atom stereocenters. The van der Waals surface area contributed by atoms with Crippen molar-refractivity contribution in [1.29, 1.82) is 0 Å². The van der Waals surface area contributed by atoms with Crippen LogP contribution < -0.4 is 10.6 Å². The van der Waals surface area contributed by atoms with E-state index in [2.05, 4.69) is 34.9 Å². The summed E-state index contributed by atoms with van der Waals surface area (Å²) in [6, 6.07) is 16.2. The highest BCUT2D eigenvalue weighted by Gasteiger charge is 2.40. The highest BCUT2D eigenvalue weighted by molar-refractivity contribution is 5.79. The second kappa shape index (κ2) is 10.2. The van der Waals surface area contributed by atoms with Crippen LogP contribution in [-0.4, -0.2) is 47.1 Å². The van der Waals surface area contributed by atoms with Crippen LogP contribution in [0.1, 0.15) is 69.9 Å². The summed E-state index contributed by atoms with van der Waals surface area (Å²) >= 11 is 0. The summed E-state index contributed by atoms with van der Waals surface area (Å²) in [5.74, 6) is -1.01. The molecule has 2 aromatic carbocycles. The molecule has 2 aromatic rings. The van der Waals surface area contributed by atoms with Gasteiger partial charge < -0.3 is 25.2 Å². The molecule has 8 nitrogen and oxygen atoms in total. The fourth-order valence-corrected chi connectivity index (χ4v) is 5.28. The van der Waals surface area contributed by atoms with Crippen LogP contribution >= 0.6 is 0 Å². The van der Waals surface area contributed by atoms with Crippen molar-refractivity contribution in [2.45, 2.75) is 76.0 Å². The molecule has 0 saturated heterocycles. The summed E-state index contributed by atoms with van der Waals surface area (Å²) in [5, 5.41) is 15.1. The van der Waals surface area contributed by atoms with Gasteiger partial charge in [-0.2, -0.15) is 0 Å². The Morgan fingerprint density at radius 2 is 1.50 bits per heavy atom. The zero-order valence-electron chi connectivity index (χ0n) is 21.0. The first-order chi connectivity index (χ1) is 17.1. The molecule has 3 N–H and O–H groups in total. The molecule has 0 spiro atoms. The Labute approximate surface area is 211 Å². The number of amides is 2. The van der Waals surface area contributed by atoms with Crippen LogP contribution in [0.4, 0.5) is 9.59 Å². The number of carbonyl (C=O) groups is 3. The van der Waals surface area contributed by atoms with E-state index in [1.165, 1.54) is 11.1 Å². The van der Waals surface area contributed by atoms with Gasteiger partial charge in [-0.25, -0.2) is 9.59 Å². The lowest BCUT2D eigenvalue weighted by Crippen LogP contribution is -2.55. The van der Waals surface area contributed by atoms with Gasteiger partial charge in [0.15, 0.2) is 0 Å². The van der Waals surface area contributed by atoms with Crippen LogP contribution in [0.2, 0.25) is 0 Å². The van der Waals surface area contributed by atoms with Crippen molar-refractivity contribution in [2.75, 3.05) is 6.61 Å². The molecule has 2 aliphatic carbocycles. The van der Waals surface area contributed by atoms with Gasteiger partial charge in [0.25, 0.3) is 0 Å². The number of benzene rings is 2. The Morgan fingerprint density at radius 3 is 2.03 bits per heavy atom. The Balaban J connectivity index is 1.32. The third-order valence-electron chi connectivity index (χ3n) is 6.86. The predicted molar refractivity (Wildman–Crippen MR) is 135 cm³/mol. The lowest BCUT2D eigenvalue weighted by molar-refractivity contribution is -0.139. The van der Waals surface area contributed by atoms with E-state index in [9.17, 15) is 19.5 Å². The maximum absolute atomic E-state index is 12.6. The zero-order valence-corrected chi connectivity index (χ0v) is 21.0. The number of carboxylic acids is 1. The van der Waals surface area contributed by atoms with Gasteiger partial charge in [0, 0.05) is 12.0 Å². The fraction of sp³-hybridized carbons (Fsp3) is 0.464. The van der Waals surface area contributed by atoms with E-state index in [1.807, 2.05) is 24.3 Å². The van der Waals surface area contributed by atoms with Gasteiger partial charge in [-0.15, -0.1) is 0 Å². The smallest absolute Gasteiger partial charge is 0.408 e. The zero-order chi connectivity index (χ0) is 25.9. The van der Waals surface area contributed by atoms with Crippen molar-refractivity contribution in [2.24, 2.45) is 0 Å². The molecule has 36 heavy (non-hydrogen) atoms. The SMILES string of the molecule is CC(C)(C)OC(=O)NC1(CC(=O)O)CCC(NC(=O)OCC2c3ccccc3-c3ccccc32)CC1. The van der Waals surface area contributed by atoms with E-state index >= 15 is 0 Å². The van der Waals surface area contributed by atoms with Gasteiger partial charge in [0.2, 0.25) is 0 Å². The van der Waals surface area contributed by atoms with Crippen molar-refractivity contribution in [3.8, 4) is 11.1 Å². The molecular formula is C28H34N2O6. The Hall–Kier alpha value is -3.55. The van der Waals surface area contributed by atoms with Crippen molar-refractivity contribution in [3.05, 3.63) is 59.7 Å². The van der Waals surface area contributed by atoms with Crippen LogP contribution in [0.5, 0.6) is 0 Å². The van der Waals surface area contributed by atoms with Crippen molar-refractivity contribution in [3.63, 3.8) is 0 Å². The minimum Gasteiger partial charge on any atom is -0.481 e. The predicted octanol–water partition coefficient (Wildman–Crippen LogP) is 5.21. The molecule has 0 aliphatic heterocycles. The van der Waals surface area contributed by atoms with Crippen molar-refractivity contribution in [1.82, 2.24) is 10.6 Å². The summed E-state index contributed by atoms with van der Waals surface area (Å²) < 4.78 is 11.0. The first kappa shape index (κ1) is 25.5. The minimum atomic E-state index is -0.992. The molecule has 0 unspecified atom stereocenters. The van der Waals surface area contributed by atoms with E-state index in [0.29, 0.717) is 25.7 Å². The number of aliphatic carboxylic acids is 1. The molecule has 1 fully saturated rings. The number of carbonyl (C=O) groups excluding carboxylic acids is 2. The van der Waals surface area contributed by atoms with Gasteiger partial charge in [0.05, 0.1) is 12.0 Å². The molecule has 4 rings (SSSR count). The van der Waals surface area contributed by atoms with Gasteiger partial charge in [0.1, 0.15) is 12.2 Å². The largest absolute Gasteiger partial charge is 0.481 e. The Bertz CT molecular complexity index is 1090. The number of fused-ring (bicyclic) bond motifs is 3. The lowest BCUT2D eigenvalue weighted by Gasteiger charge is -2.40. The third-order valence-corrected chi connectivity index (χ3v) is 6.86. The minimum absolute atomic E-state index is 0.0178. The van der Waals surface area contributed by atoms with Gasteiger partial charge in [-0.1, -0.05) is 48.5 Å². The molecule has 1 saturated carbocycles. The number of nitrogens with one attached hydrogen (secondary N) is 2. The first-order valence-corrected chi connectivity index (χ1v) is 12.4. The highest BCUT2D eigenvalue weighted by atomic mass is 16.6. The number of hydrogen-bond donors (Lipinski definition) is 3. The van der Waals surface area contributed by atoms with Gasteiger partial charge in [-0.3, -0.25) is 4.79 Å². The van der Waals surface area contributed by atoms with Crippen LogP contribution in [-0.2, 0) is 14.3 Å². The Morgan fingerprint density at radius 1 is 0.944 bits per heavy atom. The van der Waals surface area contributed by atoms with E-state index in [-0.39, 0.29) is 25.0 Å². The van der Waals surface area contributed by atoms with Crippen molar-refractivity contribution >= 4 is 18.2 Å². The molecule has 0 radical (unpaired) electrons. The normalized spacial score (nSPS) is 21.1. The Kier molecular flexibility index (Phi) is 7.24. The first-order valence-electron chi connectivity index (χ1n) is 12.4. The molecule has 2 amide bonds. The molecular weight excluding hydrogens is 460 g/mol. The number of rotatable bonds is 6. The van der Waals surface area contributed by atoms with Crippen LogP contribution in [0.3, 0.4) is 0 Å². The summed E-state index contributed by atoms with van der Waals surface area (Å²) in [4.78, 5) is 36.5. The molecule has 192 valence electrons. The van der Waals surface area contributed by atoms with E-state index < -0.39 is 29.3 Å². The highest BCUT2D eigenvalue weighted by Crippen LogP contribution is 2.44. The maximum atomic E-state index is 12.6. The fourth-order valence-electron chi connectivity index (χ4n) is 5.28. The second-order valence-corrected chi connectivity index (χ2v) is 10.7. The second-order valence-electron chi connectivity index (χ2n) is 10.7. The standard InChI is InChI=1S/C28H34N2O6/c1-27(2,3)36-26(34)30-28(16-24(31)32)14-12-18(13-15-28)29-25(33)35-17-23-21-10-6-4-8-19(21)20-9-5-7-11-22(20)23/h4-11,18,23H,12-17H2,1-3H3,(H,29,33)(H,30,34)(H,31,32). The molecule has 0 aromatic heterocycles. The summed E-state index contributed by atoms with van der Waals surface area (Å²) in [6.45, 7) is 5.50. The maximum Gasteiger partial charge on any atom is 0.408 e. The summed E-state index contributed by atoms with van der Waals surface area (Å²) in [5.41, 5.74) is 3.04. The van der Waals surface area contributed by atoms with E-state index in [0.717, 1.165) is 11.1 Å². The van der Waals surface area contributed by atoms with E-state index in [1.54, 1.807) is 20.8 Å². The average Bonchev–Trinajstić information content (AvgIpc) is 3.11. The summed E-state index contributed by atoms with van der Waals surface area (Å²) in [7, 11) is 0.